The molecule has 1 aromatic heterocycles. The predicted octanol–water partition coefficient (Wildman–Crippen LogP) is 4.53. The molecule has 0 saturated heterocycles. The van der Waals surface area contributed by atoms with E-state index in [1.54, 1.807) is 0 Å². The van der Waals surface area contributed by atoms with E-state index in [-0.39, 0.29) is 12.1 Å². The fourth-order valence-corrected chi connectivity index (χ4v) is 2.52. The van der Waals surface area contributed by atoms with Crippen LogP contribution in [0, 0.1) is 25.5 Å². The summed E-state index contributed by atoms with van der Waals surface area (Å²) in [5.74, 6) is -1.11. The lowest BCUT2D eigenvalue weighted by molar-refractivity contribution is 0.516. The van der Waals surface area contributed by atoms with Gasteiger partial charge in [-0.25, -0.2) is 8.78 Å². The normalized spacial score (nSPS) is 12.8. The molecule has 2 rings (SSSR count). The summed E-state index contributed by atoms with van der Waals surface area (Å²) in [5.41, 5.74) is 3.22. The number of hydrogen-bond acceptors (Lipinski definition) is 2. The summed E-state index contributed by atoms with van der Waals surface area (Å²) < 4.78 is 28.8. The molecule has 0 saturated carbocycles. The van der Waals surface area contributed by atoms with E-state index in [9.17, 15) is 8.78 Å². The van der Waals surface area contributed by atoms with E-state index >= 15 is 0 Å². The lowest BCUT2D eigenvalue weighted by Crippen LogP contribution is -2.11. The van der Waals surface area contributed by atoms with Crippen LogP contribution in [-0.2, 0) is 0 Å². The highest BCUT2D eigenvalue weighted by molar-refractivity contribution is 5.53. The number of aromatic nitrogens is 2. The Kier molecular flexibility index (Phi) is 4.30. The minimum absolute atomic E-state index is 0.261. The molecule has 1 heterocycles. The lowest BCUT2D eigenvalue weighted by Gasteiger charge is -2.17. The van der Waals surface area contributed by atoms with Gasteiger partial charge in [0.25, 0.3) is 0 Å². The second-order valence-corrected chi connectivity index (χ2v) is 5.62. The monoisotopic (exact) mass is 293 g/mol. The van der Waals surface area contributed by atoms with Crippen molar-refractivity contribution in [2.75, 3.05) is 5.32 Å². The van der Waals surface area contributed by atoms with Crippen LogP contribution in [0.4, 0.5) is 14.5 Å². The van der Waals surface area contributed by atoms with Gasteiger partial charge in [-0.1, -0.05) is 6.07 Å². The molecule has 21 heavy (non-hydrogen) atoms. The molecule has 1 aromatic carbocycles. The largest absolute Gasteiger partial charge is 0.375 e. The molecule has 0 amide bonds. The van der Waals surface area contributed by atoms with E-state index in [2.05, 4.69) is 24.3 Å². The molecule has 0 spiro atoms. The van der Waals surface area contributed by atoms with E-state index in [1.807, 2.05) is 25.5 Å². The second kappa shape index (κ2) is 5.84. The highest BCUT2D eigenvalue weighted by atomic mass is 19.1. The van der Waals surface area contributed by atoms with Crippen LogP contribution >= 0.6 is 0 Å². The fourth-order valence-electron chi connectivity index (χ4n) is 2.52. The fraction of sp³-hybridized carbons (Fsp3) is 0.438. The molecule has 2 aromatic rings. The molecular weight excluding hydrogens is 272 g/mol. The average Bonchev–Trinajstić information content (AvgIpc) is 2.66. The Bertz CT molecular complexity index is 647. The van der Waals surface area contributed by atoms with E-state index in [0.29, 0.717) is 5.56 Å². The number of anilines is 1. The third-order valence-electron chi connectivity index (χ3n) is 3.60. The zero-order chi connectivity index (χ0) is 15.7. The average molecular weight is 293 g/mol. The van der Waals surface area contributed by atoms with Gasteiger partial charge in [0.15, 0.2) is 0 Å². The van der Waals surface area contributed by atoms with Crippen molar-refractivity contribution < 1.29 is 8.78 Å². The third-order valence-corrected chi connectivity index (χ3v) is 3.60. The molecule has 114 valence electrons. The van der Waals surface area contributed by atoms with Gasteiger partial charge in [-0.2, -0.15) is 5.10 Å². The molecule has 1 unspecified atom stereocenters. The van der Waals surface area contributed by atoms with Crippen molar-refractivity contribution in [3.63, 3.8) is 0 Å². The van der Waals surface area contributed by atoms with Crippen molar-refractivity contribution in [3.8, 4) is 0 Å². The molecule has 1 N–H and O–H groups in total. The van der Waals surface area contributed by atoms with Gasteiger partial charge in [0.2, 0.25) is 0 Å². The first kappa shape index (κ1) is 15.5. The van der Waals surface area contributed by atoms with Gasteiger partial charge in [0.1, 0.15) is 11.6 Å². The Labute approximate surface area is 124 Å². The molecule has 0 bridgehead atoms. The van der Waals surface area contributed by atoms with Gasteiger partial charge in [0.05, 0.1) is 23.1 Å². The summed E-state index contributed by atoms with van der Waals surface area (Å²) in [4.78, 5) is 0. The molecule has 5 heteroatoms. The highest BCUT2D eigenvalue weighted by Crippen LogP contribution is 2.28. The minimum atomic E-state index is -0.566. The lowest BCUT2D eigenvalue weighted by atomic mass is 10.1. The number of nitrogens with one attached hydrogen (secondary N) is 1. The van der Waals surface area contributed by atoms with E-state index in [0.717, 1.165) is 23.1 Å². The van der Waals surface area contributed by atoms with Crippen molar-refractivity contribution >= 4 is 5.69 Å². The van der Waals surface area contributed by atoms with Crippen LogP contribution in [-0.4, -0.2) is 9.78 Å². The Morgan fingerprint density at radius 1 is 1.14 bits per heavy atom. The summed E-state index contributed by atoms with van der Waals surface area (Å²) in [6, 6.07) is 3.64. The van der Waals surface area contributed by atoms with Gasteiger partial charge in [-0.05, 0) is 40.7 Å². The van der Waals surface area contributed by atoms with Crippen molar-refractivity contribution in [2.45, 2.75) is 46.7 Å². The molecular formula is C16H21F2N3. The maximum absolute atomic E-state index is 13.8. The van der Waals surface area contributed by atoms with Crippen LogP contribution in [0.15, 0.2) is 18.2 Å². The van der Waals surface area contributed by atoms with Crippen LogP contribution in [0.3, 0.4) is 0 Å². The summed E-state index contributed by atoms with van der Waals surface area (Å²) in [5, 5.41) is 7.78. The summed E-state index contributed by atoms with van der Waals surface area (Å²) >= 11 is 0. The smallest absolute Gasteiger partial charge is 0.131 e. The Hall–Kier alpha value is -1.91. The SMILES string of the molecule is Cc1nn(C(C)C)c(C)c1NC(C)c1ccc(F)cc1F. The molecule has 1 atom stereocenters. The number of aryl methyl sites for hydroxylation is 1. The standard InChI is InChI=1S/C16H21F2N3/c1-9(2)21-12(5)16(11(4)20-21)19-10(3)14-7-6-13(17)8-15(14)18/h6-10,19H,1-5H3. The quantitative estimate of drug-likeness (QED) is 0.897. The summed E-state index contributed by atoms with van der Waals surface area (Å²) in [6.45, 7) is 9.87. The van der Waals surface area contributed by atoms with Gasteiger partial charge >= 0.3 is 0 Å². The van der Waals surface area contributed by atoms with Gasteiger partial charge < -0.3 is 5.32 Å². The Morgan fingerprint density at radius 3 is 2.33 bits per heavy atom. The van der Waals surface area contributed by atoms with Gasteiger partial charge in [-0.15, -0.1) is 0 Å². The van der Waals surface area contributed by atoms with E-state index < -0.39 is 11.6 Å². The highest BCUT2D eigenvalue weighted by Gasteiger charge is 2.17. The van der Waals surface area contributed by atoms with E-state index in [4.69, 9.17) is 0 Å². The van der Waals surface area contributed by atoms with Gasteiger partial charge in [-0.3, -0.25) is 4.68 Å². The van der Waals surface area contributed by atoms with E-state index in [1.165, 1.54) is 12.1 Å². The van der Waals surface area contributed by atoms with Crippen molar-refractivity contribution in [1.29, 1.82) is 0 Å². The van der Waals surface area contributed by atoms with Crippen LogP contribution in [0.2, 0.25) is 0 Å². The minimum Gasteiger partial charge on any atom is -0.375 e. The molecule has 3 nitrogen and oxygen atoms in total. The number of hydrogen-bond donors (Lipinski definition) is 1. The number of rotatable bonds is 4. The molecule has 0 aliphatic rings. The molecule has 0 aliphatic carbocycles. The first-order valence-corrected chi connectivity index (χ1v) is 7.08. The van der Waals surface area contributed by atoms with Crippen LogP contribution in [0.25, 0.3) is 0 Å². The zero-order valence-corrected chi connectivity index (χ0v) is 13.0. The van der Waals surface area contributed by atoms with Crippen LogP contribution in [0.1, 0.15) is 49.8 Å². The summed E-state index contributed by atoms with van der Waals surface area (Å²) in [6.07, 6.45) is 0. The first-order chi connectivity index (χ1) is 9.81. The first-order valence-electron chi connectivity index (χ1n) is 7.08. The topological polar surface area (TPSA) is 29.9 Å². The predicted molar refractivity (Wildman–Crippen MR) is 80.5 cm³/mol. The van der Waals surface area contributed by atoms with Crippen molar-refractivity contribution in [2.24, 2.45) is 0 Å². The maximum atomic E-state index is 13.8. The third kappa shape index (κ3) is 3.06. The Balaban J connectivity index is 2.29. The van der Waals surface area contributed by atoms with Crippen LogP contribution in [0.5, 0.6) is 0 Å². The summed E-state index contributed by atoms with van der Waals surface area (Å²) in [7, 11) is 0. The zero-order valence-electron chi connectivity index (χ0n) is 13.0. The molecule has 0 fully saturated rings. The molecule has 0 aliphatic heterocycles. The number of benzene rings is 1. The molecule has 0 radical (unpaired) electrons. The Morgan fingerprint density at radius 2 is 1.81 bits per heavy atom. The van der Waals surface area contributed by atoms with Crippen molar-refractivity contribution in [3.05, 3.63) is 46.8 Å². The van der Waals surface area contributed by atoms with Gasteiger partial charge in [0, 0.05) is 17.7 Å². The number of nitrogens with zero attached hydrogens (tertiary/aromatic N) is 2. The maximum Gasteiger partial charge on any atom is 0.131 e. The second-order valence-electron chi connectivity index (χ2n) is 5.62. The number of halogens is 2. The van der Waals surface area contributed by atoms with Crippen molar-refractivity contribution in [1.82, 2.24) is 9.78 Å². The van der Waals surface area contributed by atoms with Crippen LogP contribution < -0.4 is 5.32 Å².